The molecule has 5 rings (SSSR count). The van der Waals surface area contributed by atoms with Gasteiger partial charge in [-0.05, 0) is 19.4 Å². The van der Waals surface area contributed by atoms with Crippen molar-refractivity contribution < 1.29 is 4.74 Å². The van der Waals surface area contributed by atoms with E-state index in [-0.39, 0.29) is 6.10 Å². The third-order valence-corrected chi connectivity index (χ3v) is 5.68. The Bertz CT molecular complexity index is 1110. The van der Waals surface area contributed by atoms with Crippen molar-refractivity contribution in [2.24, 2.45) is 0 Å². The van der Waals surface area contributed by atoms with Crippen LogP contribution in [-0.4, -0.2) is 49.3 Å². The largest absolute Gasteiger partial charge is 0.469 e. The van der Waals surface area contributed by atoms with Crippen LogP contribution >= 0.6 is 11.3 Å². The minimum atomic E-state index is 0.0786. The number of hydrogen-bond acceptors (Lipinski definition) is 9. The summed E-state index contributed by atoms with van der Waals surface area (Å²) in [6, 6.07) is 0. The van der Waals surface area contributed by atoms with Gasteiger partial charge in [-0.25, -0.2) is 15.0 Å². The molecular formula is C17H15N7OS. The molecule has 0 spiro atoms. The quantitative estimate of drug-likeness (QED) is 0.546. The van der Waals surface area contributed by atoms with E-state index < -0.39 is 0 Å². The van der Waals surface area contributed by atoms with Gasteiger partial charge in [-0.1, -0.05) is 0 Å². The first-order valence-corrected chi connectivity index (χ1v) is 9.07. The lowest BCUT2D eigenvalue weighted by Gasteiger charge is -2.39. The van der Waals surface area contributed by atoms with E-state index in [1.54, 1.807) is 36.3 Å². The molecule has 0 bridgehead atoms. The maximum Gasteiger partial charge on any atom is 0.232 e. The van der Waals surface area contributed by atoms with E-state index in [2.05, 4.69) is 42.0 Å². The van der Waals surface area contributed by atoms with Crippen LogP contribution in [0.25, 0.3) is 20.4 Å². The number of aromatic nitrogens is 6. The fourth-order valence-corrected chi connectivity index (χ4v) is 4.25. The van der Waals surface area contributed by atoms with Crippen molar-refractivity contribution in [3.63, 3.8) is 0 Å². The van der Waals surface area contributed by atoms with Gasteiger partial charge in [0.2, 0.25) is 5.88 Å². The van der Waals surface area contributed by atoms with E-state index in [4.69, 9.17) is 4.74 Å². The molecule has 0 amide bonds. The van der Waals surface area contributed by atoms with Crippen LogP contribution in [0.4, 0.5) is 5.82 Å². The number of thiophene rings is 1. The normalized spacial score (nSPS) is 14.8. The number of anilines is 1. The molecule has 1 fully saturated rings. The number of rotatable bonds is 3. The molecule has 0 saturated carbocycles. The molecular weight excluding hydrogens is 350 g/mol. The molecule has 4 aromatic heterocycles. The van der Waals surface area contributed by atoms with Crippen LogP contribution in [0.15, 0.2) is 24.9 Å². The maximum absolute atomic E-state index is 5.83. The number of ether oxygens (including phenoxy) is 1. The SMILES string of the molecule is Cc1nnc2sc3c(N4CC(Oc5cnccn5)C4)ncnc3c2c1C. The summed E-state index contributed by atoms with van der Waals surface area (Å²) >= 11 is 1.59. The average Bonchev–Trinajstić information content (AvgIpc) is 3.01. The zero-order chi connectivity index (χ0) is 17.7. The fourth-order valence-electron chi connectivity index (χ4n) is 3.10. The van der Waals surface area contributed by atoms with E-state index >= 15 is 0 Å². The Hall–Kier alpha value is -2.94. The molecule has 1 aliphatic rings. The van der Waals surface area contributed by atoms with Crippen LogP contribution in [0.3, 0.4) is 0 Å². The van der Waals surface area contributed by atoms with Gasteiger partial charge in [-0.3, -0.25) is 4.98 Å². The number of hydrogen-bond donors (Lipinski definition) is 0. The van der Waals surface area contributed by atoms with Crippen molar-refractivity contribution in [3.8, 4) is 5.88 Å². The van der Waals surface area contributed by atoms with Gasteiger partial charge in [0.05, 0.1) is 35.2 Å². The third-order valence-electron chi connectivity index (χ3n) is 4.62. The first kappa shape index (κ1) is 15.3. The van der Waals surface area contributed by atoms with Crippen molar-refractivity contribution in [2.45, 2.75) is 20.0 Å². The third kappa shape index (κ3) is 2.35. The van der Waals surface area contributed by atoms with Crippen LogP contribution in [0.1, 0.15) is 11.3 Å². The topological polar surface area (TPSA) is 89.8 Å². The maximum atomic E-state index is 5.83. The van der Waals surface area contributed by atoms with E-state index in [0.717, 1.165) is 50.6 Å². The first-order chi connectivity index (χ1) is 12.7. The summed E-state index contributed by atoms with van der Waals surface area (Å²) in [5.74, 6) is 1.47. The van der Waals surface area contributed by atoms with E-state index in [1.807, 2.05) is 6.92 Å². The summed E-state index contributed by atoms with van der Waals surface area (Å²) in [5.41, 5.74) is 3.00. The minimum Gasteiger partial charge on any atom is -0.469 e. The molecule has 0 atom stereocenters. The Morgan fingerprint density at radius 1 is 1.12 bits per heavy atom. The van der Waals surface area contributed by atoms with Gasteiger partial charge in [0, 0.05) is 17.8 Å². The monoisotopic (exact) mass is 365 g/mol. The van der Waals surface area contributed by atoms with Crippen molar-refractivity contribution >= 4 is 37.6 Å². The molecule has 0 radical (unpaired) electrons. The minimum absolute atomic E-state index is 0.0786. The van der Waals surface area contributed by atoms with Gasteiger partial charge < -0.3 is 9.64 Å². The second-order valence-corrected chi connectivity index (χ2v) is 7.26. The number of nitrogens with zero attached hydrogens (tertiary/aromatic N) is 7. The van der Waals surface area contributed by atoms with Crippen molar-refractivity contribution in [3.05, 3.63) is 36.2 Å². The van der Waals surface area contributed by atoms with Gasteiger partial charge in [0.25, 0.3) is 0 Å². The fraction of sp³-hybridized carbons (Fsp3) is 0.294. The molecule has 4 aromatic rings. The second-order valence-electron chi connectivity index (χ2n) is 6.26. The van der Waals surface area contributed by atoms with Gasteiger partial charge in [-0.15, -0.1) is 16.4 Å². The summed E-state index contributed by atoms with van der Waals surface area (Å²) in [4.78, 5) is 20.3. The Kier molecular flexibility index (Phi) is 3.42. The highest BCUT2D eigenvalue weighted by atomic mass is 32.1. The summed E-state index contributed by atoms with van der Waals surface area (Å²) in [6.45, 7) is 5.53. The molecule has 0 aliphatic carbocycles. The Labute approximate surface area is 152 Å². The summed E-state index contributed by atoms with van der Waals surface area (Å²) < 4.78 is 6.88. The van der Waals surface area contributed by atoms with Crippen molar-refractivity contribution in [1.29, 1.82) is 0 Å². The lowest BCUT2D eigenvalue weighted by Crippen LogP contribution is -2.54. The molecule has 0 unspecified atom stereocenters. The molecule has 0 aromatic carbocycles. The number of fused-ring (bicyclic) bond motifs is 3. The predicted molar refractivity (Wildman–Crippen MR) is 98.6 cm³/mol. The molecule has 5 heterocycles. The molecule has 26 heavy (non-hydrogen) atoms. The van der Waals surface area contributed by atoms with E-state index in [9.17, 15) is 0 Å². The summed E-state index contributed by atoms with van der Waals surface area (Å²) in [7, 11) is 0. The highest BCUT2D eigenvalue weighted by Gasteiger charge is 2.32. The predicted octanol–water partition coefficient (Wildman–Crippen LogP) is 2.31. The Morgan fingerprint density at radius 3 is 2.81 bits per heavy atom. The van der Waals surface area contributed by atoms with Crippen molar-refractivity contribution in [2.75, 3.05) is 18.0 Å². The average molecular weight is 365 g/mol. The first-order valence-electron chi connectivity index (χ1n) is 8.25. The standard InChI is InChI=1S/C17H15N7OS/c1-9-10(2)22-23-17-13(9)14-15(26-17)16(21-8-20-14)24-6-11(7-24)25-12-5-18-3-4-19-12/h3-5,8,11H,6-7H2,1-2H3. The van der Waals surface area contributed by atoms with Crippen LogP contribution in [0.5, 0.6) is 5.88 Å². The van der Waals surface area contributed by atoms with Crippen LogP contribution in [0.2, 0.25) is 0 Å². The van der Waals surface area contributed by atoms with E-state index in [1.165, 1.54) is 0 Å². The number of aryl methyl sites for hydroxylation is 2. The molecule has 8 nitrogen and oxygen atoms in total. The molecule has 1 aliphatic heterocycles. The van der Waals surface area contributed by atoms with Crippen LogP contribution in [0, 0.1) is 13.8 Å². The molecule has 1 saturated heterocycles. The Balaban J connectivity index is 1.46. The highest BCUT2D eigenvalue weighted by molar-refractivity contribution is 7.26. The van der Waals surface area contributed by atoms with Crippen molar-refractivity contribution in [1.82, 2.24) is 30.1 Å². The zero-order valence-electron chi connectivity index (χ0n) is 14.2. The second kappa shape index (κ2) is 5.80. The van der Waals surface area contributed by atoms with Gasteiger partial charge >= 0.3 is 0 Å². The summed E-state index contributed by atoms with van der Waals surface area (Å²) in [5, 5.41) is 9.65. The molecule has 130 valence electrons. The van der Waals surface area contributed by atoms with Gasteiger partial charge in [0.1, 0.15) is 23.1 Å². The van der Waals surface area contributed by atoms with Crippen LogP contribution < -0.4 is 9.64 Å². The van der Waals surface area contributed by atoms with E-state index in [0.29, 0.717) is 5.88 Å². The lowest BCUT2D eigenvalue weighted by atomic mass is 10.1. The lowest BCUT2D eigenvalue weighted by molar-refractivity contribution is 0.159. The van der Waals surface area contributed by atoms with Crippen LogP contribution in [-0.2, 0) is 0 Å². The highest BCUT2D eigenvalue weighted by Crippen LogP contribution is 2.39. The van der Waals surface area contributed by atoms with Gasteiger partial charge in [-0.2, -0.15) is 5.10 Å². The zero-order valence-corrected chi connectivity index (χ0v) is 15.1. The van der Waals surface area contributed by atoms with Gasteiger partial charge in [0.15, 0.2) is 0 Å². The Morgan fingerprint density at radius 2 is 2.00 bits per heavy atom. The molecule has 9 heteroatoms. The molecule has 0 N–H and O–H groups in total. The summed E-state index contributed by atoms with van der Waals surface area (Å²) in [6.07, 6.45) is 6.58. The smallest absolute Gasteiger partial charge is 0.232 e.